The minimum atomic E-state index is -0.657. The Balaban J connectivity index is 2.76. The predicted octanol–water partition coefficient (Wildman–Crippen LogP) is -1.78. The van der Waals surface area contributed by atoms with Crippen LogP contribution in [0.25, 0.3) is 0 Å². The van der Waals surface area contributed by atoms with Gasteiger partial charge in [-0.05, 0) is 0 Å². The second-order valence-electron chi connectivity index (χ2n) is 1.48. The van der Waals surface area contributed by atoms with E-state index in [1.165, 1.54) is 7.05 Å². The van der Waals surface area contributed by atoms with E-state index in [2.05, 4.69) is 15.6 Å². The number of nitrogens with zero attached hydrogens (tertiary/aromatic N) is 1. The van der Waals surface area contributed by atoms with E-state index in [0.717, 1.165) is 0 Å². The van der Waals surface area contributed by atoms with Gasteiger partial charge in [0.25, 0.3) is 0 Å². The van der Waals surface area contributed by atoms with Crippen molar-refractivity contribution in [3.8, 4) is 0 Å². The van der Waals surface area contributed by atoms with E-state index in [-0.39, 0.29) is 5.96 Å². The lowest BCUT2D eigenvalue weighted by molar-refractivity contribution is -0.135. The van der Waals surface area contributed by atoms with Gasteiger partial charge in [0.1, 0.15) is 0 Å². The van der Waals surface area contributed by atoms with Crippen molar-refractivity contribution in [1.29, 1.82) is 0 Å². The van der Waals surface area contributed by atoms with E-state index in [4.69, 9.17) is 0 Å². The van der Waals surface area contributed by atoms with E-state index >= 15 is 0 Å². The van der Waals surface area contributed by atoms with Crippen LogP contribution in [0.15, 0.2) is 4.99 Å². The third-order valence-electron chi connectivity index (χ3n) is 0.894. The molecule has 2 amide bonds. The first-order valence-electron chi connectivity index (χ1n) is 2.33. The van der Waals surface area contributed by atoms with Crippen LogP contribution in [0, 0.1) is 0 Å². The summed E-state index contributed by atoms with van der Waals surface area (Å²) in [5.74, 6) is -1.10. The Kier molecular flexibility index (Phi) is 1.18. The molecule has 5 nitrogen and oxygen atoms in total. The number of guanidine groups is 1. The van der Waals surface area contributed by atoms with Crippen LogP contribution < -0.4 is 10.6 Å². The molecular formula is C4H5N3O2. The Hall–Kier alpha value is -1.39. The lowest BCUT2D eigenvalue weighted by Crippen LogP contribution is -2.24. The largest absolute Gasteiger partial charge is 0.316 e. The Morgan fingerprint density at radius 2 is 1.67 bits per heavy atom. The van der Waals surface area contributed by atoms with Crippen LogP contribution in [0.2, 0.25) is 0 Å². The van der Waals surface area contributed by atoms with Gasteiger partial charge in [0.15, 0.2) is 0 Å². The van der Waals surface area contributed by atoms with Crippen molar-refractivity contribution in [2.75, 3.05) is 7.05 Å². The molecule has 1 rings (SSSR count). The number of amides is 2. The van der Waals surface area contributed by atoms with Crippen LogP contribution in [0.1, 0.15) is 0 Å². The Bertz CT molecular complexity index is 178. The minimum Gasteiger partial charge on any atom is -0.288 e. The molecule has 1 aliphatic rings. The molecule has 0 aromatic rings. The first kappa shape index (κ1) is 5.74. The van der Waals surface area contributed by atoms with Gasteiger partial charge >= 0.3 is 11.8 Å². The maximum absolute atomic E-state index is 10.3. The molecule has 0 aromatic carbocycles. The summed E-state index contributed by atoms with van der Waals surface area (Å²) >= 11 is 0. The number of hydrogen-bond donors (Lipinski definition) is 2. The summed E-state index contributed by atoms with van der Waals surface area (Å²) in [6.45, 7) is 0. The highest BCUT2D eigenvalue weighted by Crippen LogP contribution is 1.79. The fourth-order valence-corrected chi connectivity index (χ4v) is 0.472. The first-order chi connectivity index (χ1) is 4.24. The van der Waals surface area contributed by atoms with Crippen molar-refractivity contribution in [1.82, 2.24) is 10.6 Å². The fourth-order valence-electron chi connectivity index (χ4n) is 0.472. The van der Waals surface area contributed by atoms with Gasteiger partial charge in [-0.15, -0.1) is 0 Å². The van der Waals surface area contributed by atoms with Gasteiger partial charge in [0.05, 0.1) is 0 Å². The number of rotatable bonds is 0. The van der Waals surface area contributed by atoms with Gasteiger partial charge in [-0.3, -0.25) is 25.2 Å². The molecule has 0 spiro atoms. The molecule has 0 atom stereocenters. The highest BCUT2D eigenvalue weighted by molar-refractivity contribution is 6.45. The van der Waals surface area contributed by atoms with Gasteiger partial charge in [-0.25, -0.2) is 0 Å². The Labute approximate surface area is 51.1 Å². The summed E-state index contributed by atoms with van der Waals surface area (Å²) in [6, 6.07) is 0. The highest BCUT2D eigenvalue weighted by Gasteiger charge is 2.24. The van der Waals surface area contributed by atoms with Crippen molar-refractivity contribution in [2.45, 2.75) is 0 Å². The van der Waals surface area contributed by atoms with Crippen molar-refractivity contribution in [3.63, 3.8) is 0 Å². The van der Waals surface area contributed by atoms with Gasteiger partial charge < -0.3 is 0 Å². The summed E-state index contributed by atoms with van der Waals surface area (Å²) in [5.41, 5.74) is 0. The van der Waals surface area contributed by atoms with Gasteiger partial charge in [0.2, 0.25) is 5.96 Å². The van der Waals surface area contributed by atoms with Gasteiger partial charge in [-0.1, -0.05) is 0 Å². The number of aliphatic imine (C=N–C) groups is 1. The predicted molar refractivity (Wildman–Crippen MR) is 29.6 cm³/mol. The molecule has 1 aliphatic heterocycles. The zero-order chi connectivity index (χ0) is 6.85. The maximum Gasteiger partial charge on any atom is 0.316 e. The fraction of sp³-hybridized carbons (Fsp3) is 0.250. The van der Waals surface area contributed by atoms with Crippen LogP contribution in [0.5, 0.6) is 0 Å². The molecule has 48 valence electrons. The molecule has 0 radical (unpaired) electrons. The monoisotopic (exact) mass is 127 g/mol. The van der Waals surface area contributed by atoms with Gasteiger partial charge in [0, 0.05) is 7.05 Å². The molecule has 5 heteroatoms. The lowest BCUT2D eigenvalue weighted by Gasteiger charge is -1.87. The molecule has 0 unspecified atom stereocenters. The molecular weight excluding hydrogens is 122 g/mol. The van der Waals surface area contributed by atoms with E-state index in [0.29, 0.717) is 0 Å². The summed E-state index contributed by atoms with van der Waals surface area (Å²) in [7, 11) is 1.47. The van der Waals surface area contributed by atoms with Crippen molar-refractivity contribution in [3.05, 3.63) is 0 Å². The summed E-state index contributed by atoms with van der Waals surface area (Å²) < 4.78 is 0. The topological polar surface area (TPSA) is 70.6 Å². The van der Waals surface area contributed by atoms with Crippen LogP contribution in [-0.2, 0) is 9.59 Å². The number of carbonyl (C=O) groups is 2. The van der Waals surface area contributed by atoms with Crippen molar-refractivity contribution in [2.24, 2.45) is 4.99 Å². The van der Waals surface area contributed by atoms with Crippen LogP contribution >= 0.6 is 0 Å². The van der Waals surface area contributed by atoms with Crippen molar-refractivity contribution < 1.29 is 9.59 Å². The molecule has 9 heavy (non-hydrogen) atoms. The average molecular weight is 127 g/mol. The van der Waals surface area contributed by atoms with E-state index in [1.807, 2.05) is 0 Å². The second kappa shape index (κ2) is 1.85. The highest BCUT2D eigenvalue weighted by atomic mass is 16.2. The minimum absolute atomic E-state index is 0.213. The molecule has 0 saturated carbocycles. The van der Waals surface area contributed by atoms with Crippen LogP contribution in [0.4, 0.5) is 0 Å². The summed E-state index contributed by atoms with van der Waals surface area (Å²) in [4.78, 5) is 24.2. The molecule has 0 bridgehead atoms. The van der Waals surface area contributed by atoms with Crippen LogP contribution in [0.3, 0.4) is 0 Å². The number of carbonyl (C=O) groups excluding carboxylic acids is 2. The molecule has 1 fully saturated rings. The van der Waals surface area contributed by atoms with Crippen LogP contribution in [-0.4, -0.2) is 24.8 Å². The number of hydrogen-bond acceptors (Lipinski definition) is 3. The zero-order valence-electron chi connectivity index (χ0n) is 4.76. The summed E-state index contributed by atoms with van der Waals surface area (Å²) in [5, 5.41) is 4.41. The zero-order valence-corrected chi connectivity index (χ0v) is 4.76. The van der Waals surface area contributed by atoms with Gasteiger partial charge in [-0.2, -0.15) is 0 Å². The maximum atomic E-state index is 10.3. The second-order valence-corrected chi connectivity index (χ2v) is 1.48. The summed E-state index contributed by atoms with van der Waals surface area (Å²) in [6.07, 6.45) is 0. The SMILES string of the molecule is CN=C1NC(=O)C(=O)N1. The normalized spacial score (nSPS) is 17.2. The third-order valence-corrected chi connectivity index (χ3v) is 0.894. The molecule has 0 aliphatic carbocycles. The van der Waals surface area contributed by atoms with Crippen molar-refractivity contribution >= 4 is 17.8 Å². The van der Waals surface area contributed by atoms with E-state index in [9.17, 15) is 9.59 Å². The lowest BCUT2D eigenvalue weighted by atomic mass is 10.6. The smallest absolute Gasteiger partial charge is 0.288 e. The molecule has 1 heterocycles. The molecule has 1 saturated heterocycles. The Morgan fingerprint density at radius 1 is 1.22 bits per heavy atom. The molecule has 2 N–H and O–H groups in total. The quantitative estimate of drug-likeness (QED) is 0.377. The van der Waals surface area contributed by atoms with E-state index < -0.39 is 11.8 Å². The number of nitrogens with one attached hydrogen (secondary N) is 2. The first-order valence-corrected chi connectivity index (χ1v) is 2.33. The van der Waals surface area contributed by atoms with E-state index in [1.54, 1.807) is 0 Å². The average Bonchev–Trinajstić information content (AvgIpc) is 2.13. The standard InChI is InChI=1S/C4H5N3O2/c1-5-4-6-2(8)3(9)7-4/h1H3,(H2,5,6,7,8,9). The molecule has 0 aromatic heterocycles. The third kappa shape index (κ3) is 0.883. The Morgan fingerprint density at radius 3 is 1.89 bits per heavy atom.